The smallest absolute Gasteiger partial charge is 0.0623 e. The fourth-order valence-corrected chi connectivity index (χ4v) is 0.986. The van der Waals surface area contributed by atoms with Gasteiger partial charge in [-0.3, -0.25) is 0 Å². The molecule has 14 heavy (non-hydrogen) atoms. The second-order valence-electron chi connectivity index (χ2n) is 5.49. The lowest BCUT2D eigenvalue weighted by atomic mass is 10.1. The molecule has 2 nitrogen and oxygen atoms in total. The molecule has 0 saturated carbocycles. The summed E-state index contributed by atoms with van der Waals surface area (Å²) in [5.74, 6) is 0. The lowest BCUT2D eigenvalue weighted by Gasteiger charge is -2.24. The minimum absolute atomic E-state index is 0.0434. The van der Waals surface area contributed by atoms with Gasteiger partial charge in [-0.25, -0.2) is 0 Å². The van der Waals surface area contributed by atoms with Crippen LogP contribution in [0, 0.1) is 0 Å². The van der Waals surface area contributed by atoms with Gasteiger partial charge in [0.1, 0.15) is 0 Å². The predicted molar refractivity (Wildman–Crippen MR) is 62.7 cm³/mol. The van der Waals surface area contributed by atoms with Crippen LogP contribution in [0.2, 0.25) is 0 Å². The highest BCUT2D eigenvalue weighted by atomic mass is 16.5. The maximum absolute atomic E-state index is 5.75. The fraction of sp³-hybridized carbons (Fsp3) is 1.00. The Labute approximate surface area is 89.4 Å². The van der Waals surface area contributed by atoms with Gasteiger partial charge in [0.25, 0.3) is 0 Å². The van der Waals surface area contributed by atoms with Crippen molar-refractivity contribution in [3.05, 3.63) is 0 Å². The number of hydrogen-bond donors (Lipinski definition) is 1. The average molecular weight is 201 g/mol. The van der Waals surface area contributed by atoms with E-state index in [2.05, 4.69) is 46.9 Å². The van der Waals surface area contributed by atoms with Gasteiger partial charge in [0.05, 0.1) is 5.60 Å². The molecule has 0 rings (SSSR count). The number of ether oxygens (including phenoxy) is 1. The van der Waals surface area contributed by atoms with Gasteiger partial charge in [0.2, 0.25) is 0 Å². The predicted octanol–water partition coefficient (Wildman–Crippen LogP) is 2.97. The summed E-state index contributed by atoms with van der Waals surface area (Å²) in [6.45, 7) is 14.9. The van der Waals surface area contributed by atoms with E-state index in [1.807, 2.05) is 0 Å². The summed E-state index contributed by atoms with van der Waals surface area (Å²) in [7, 11) is 0. The Balaban J connectivity index is 3.39. The van der Waals surface area contributed by atoms with Crippen LogP contribution in [0.4, 0.5) is 0 Å². The van der Waals surface area contributed by atoms with Gasteiger partial charge in [-0.15, -0.1) is 0 Å². The first-order valence-electron chi connectivity index (χ1n) is 5.66. The molecule has 1 N–H and O–H groups in total. The van der Waals surface area contributed by atoms with Crippen LogP contribution in [-0.4, -0.2) is 24.3 Å². The van der Waals surface area contributed by atoms with Gasteiger partial charge in [-0.2, -0.15) is 0 Å². The van der Waals surface area contributed by atoms with Crippen LogP contribution >= 0.6 is 0 Å². The summed E-state index contributed by atoms with van der Waals surface area (Å²) in [6, 6.07) is 0. The molecule has 0 aromatic carbocycles. The standard InChI is InChI=1S/C12H27NO/c1-7-12(5,6)14-10-8-9-13-11(2,3)4/h13H,7-10H2,1-6H3. The van der Waals surface area contributed by atoms with Gasteiger partial charge in [0.15, 0.2) is 0 Å². The Morgan fingerprint density at radius 3 is 2.07 bits per heavy atom. The van der Waals surface area contributed by atoms with Gasteiger partial charge in [0, 0.05) is 12.1 Å². The van der Waals surface area contributed by atoms with E-state index in [1.165, 1.54) is 0 Å². The molecular weight excluding hydrogens is 174 g/mol. The van der Waals surface area contributed by atoms with Gasteiger partial charge < -0.3 is 10.1 Å². The zero-order valence-electron chi connectivity index (χ0n) is 10.7. The lowest BCUT2D eigenvalue weighted by Crippen LogP contribution is -2.37. The summed E-state index contributed by atoms with van der Waals surface area (Å²) in [5.41, 5.74) is 0.266. The van der Waals surface area contributed by atoms with E-state index >= 15 is 0 Å². The summed E-state index contributed by atoms with van der Waals surface area (Å²) < 4.78 is 5.75. The molecule has 0 radical (unpaired) electrons. The van der Waals surface area contributed by atoms with E-state index in [4.69, 9.17) is 4.74 Å². The molecule has 0 aromatic rings. The molecule has 0 heterocycles. The van der Waals surface area contributed by atoms with E-state index in [1.54, 1.807) is 0 Å². The monoisotopic (exact) mass is 201 g/mol. The molecule has 0 spiro atoms. The quantitative estimate of drug-likeness (QED) is 0.667. The Kier molecular flexibility index (Phi) is 5.68. The maximum atomic E-state index is 5.75. The molecule has 0 fully saturated rings. The van der Waals surface area contributed by atoms with Crippen LogP contribution in [0.3, 0.4) is 0 Å². The van der Waals surface area contributed by atoms with E-state index in [9.17, 15) is 0 Å². The molecule has 0 aromatic heterocycles. The van der Waals surface area contributed by atoms with Gasteiger partial charge in [-0.05, 0) is 54.0 Å². The van der Waals surface area contributed by atoms with Crippen molar-refractivity contribution in [2.75, 3.05) is 13.2 Å². The third-order valence-electron chi connectivity index (χ3n) is 2.32. The Morgan fingerprint density at radius 2 is 1.64 bits per heavy atom. The van der Waals surface area contributed by atoms with Crippen LogP contribution in [0.5, 0.6) is 0 Å². The van der Waals surface area contributed by atoms with Crippen LogP contribution in [0.25, 0.3) is 0 Å². The minimum Gasteiger partial charge on any atom is -0.376 e. The van der Waals surface area contributed by atoms with Gasteiger partial charge in [-0.1, -0.05) is 6.92 Å². The van der Waals surface area contributed by atoms with E-state index < -0.39 is 0 Å². The van der Waals surface area contributed by atoms with E-state index in [-0.39, 0.29) is 11.1 Å². The molecule has 0 unspecified atom stereocenters. The zero-order valence-corrected chi connectivity index (χ0v) is 10.7. The van der Waals surface area contributed by atoms with Crippen molar-refractivity contribution in [1.29, 1.82) is 0 Å². The van der Waals surface area contributed by atoms with Crippen LogP contribution in [-0.2, 0) is 4.74 Å². The van der Waals surface area contributed by atoms with Crippen molar-refractivity contribution < 1.29 is 4.74 Å². The van der Waals surface area contributed by atoms with Crippen molar-refractivity contribution >= 4 is 0 Å². The first kappa shape index (κ1) is 13.9. The Morgan fingerprint density at radius 1 is 1.07 bits per heavy atom. The molecule has 86 valence electrons. The molecule has 0 atom stereocenters. The first-order valence-corrected chi connectivity index (χ1v) is 5.66. The third kappa shape index (κ3) is 8.52. The summed E-state index contributed by atoms with van der Waals surface area (Å²) in [5, 5.41) is 3.45. The SMILES string of the molecule is CCC(C)(C)OCCCNC(C)(C)C. The van der Waals surface area contributed by atoms with Crippen molar-refractivity contribution in [3.63, 3.8) is 0 Å². The molecule has 0 amide bonds. The molecule has 0 aliphatic heterocycles. The second-order valence-corrected chi connectivity index (χ2v) is 5.49. The maximum Gasteiger partial charge on any atom is 0.0623 e. The molecular formula is C12H27NO. The highest BCUT2D eigenvalue weighted by Gasteiger charge is 2.14. The van der Waals surface area contributed by atoms with Crippen molar-refractivity contribution in [1.82, 2.24) is 5.32 Å². The average Bonchev–Trinajstić information content (AvgIpc) is 2.01. The first-order chi connectivity index (χ1) is 6.27. The topological polar surface area (TPSA) is 21.3 Å². The van der Waals surface area contributed by atoms with E-state index in [0.717, 1.165) is 26.0 Å². The number of hydrogen-bond acceptors (Lipinski definition) is 2. The Bertz CT molecular complexity index is 147. The highest BCUT2D eigenvalue weighted by Crippen LogP contribution is 2.13. The van der Waals surface area contributed by atoms with E-state index in [0.29, 0.717) is 0 Å². The van der Waals surface area contributed by atoms with Crippen molar-refractivity contribution in [2.24, 2.45) is 0 Å². The normalized spacial score (nSPS) is 13.3. The number of nitrogens with one attached hydrogen (secondary N) is 1. The summed E-state index contributed by atoms with van der Waals surface area (Å²) in [6.07, 6.45) is 2.15. The zero-order chi connectivity index (χ0) is 11.2. The molecule has 2 heteroatoms. The number of rotatable bonds is 6. The highest BCUT2D eigenvalue weighted by molar-refractivity contribution is 4.70. The fourth-order valence-electron chi connectivity index (χ4n) is 0.986. The molecule has 0 bridgehead atoms. The largest absolute Gasteiger partial charge is 0.376 e. The molecule has 0 aliphatic carbocycles. The van der Waals surface area contributed by atoms with Crippen LogP contribution < -0.4 is 5.32 Å². The third-order valence-corrected chi connectivity index (χ3v) is 2.32. The second kappa shape index (κ2) is 5.72. The Hall–Kier alpha value is -0.0800. The van der Waals surface area contributed by atoms with Crippen LogP contribution in [0.15, 0.2) is 0 Å². The van der Waals surface area contributed by atoms with Crippen molar-refractivity contribution in [2.45, 2.75) is 65.5 Å². The van der Waals surface area contributed by atoms with Crippen molar-refractivity contribution in [3.8, 4) is 0 Å². The minimum atomic E-state index is 0.0434. The van der Waals surface area contributed by atoms with Gasteiger partial charge >= 0.3 is 0 Å². The van der Waals surface area contributed by atoms with Crippen LogP contribution in [0.1, 0.15) is 54.4 Å². The summed E-state index contributed by atoms with van der Waals surface area (Å²) in [4.78, 5) is 0. The summed E-state index contributed by atoms with van der Waals surface area (Å²) >= 11 is 0. The molecule has 0 aliphatic rings. The lowest BCUT2D eigenvalue weighted by molar-refractivity contribution is -0.0211. The molecule has 0 saturated heterocycles.